The average molecular weight is 341 g/mol. The van der Waals surface area contributed by atoms with Gasteiger partial charge in [0.15, 0.2) is 5.82 Å². The van der Waals surface area contributed by atoms with Gasteiger partial charge in [-0.3, -0.25) is 0 Å². The monoisotopic (exact) mass is 340 g/mol. The Balaban J connectivity index is 3.01. The molecule has 0 spiro atoms. The third kappa shape index (κ3) is 2.13. The summed E-state index contributed by atoms with van der Waals surface area (Å²) in [5, 5.41) is -0.461. The summed E-state index contributed by atoms with van der Waals surface area (Å²) in [6.07, 6.45) is -4.79. The Morgan fingerprint density at radius 1 is 1.26 bits per heavy atom. The Morgan fingerprint density at radius 3 is 2.37 bits per heavy atom. The lowest BCUT2D eigenvalue weighted by Crippen LogP contribution is -2.13. The van der Waals surface area contributed by atoms with Crippen molar-refractivity contribution >= 4 is 32.5 Å². The average Bonchev–Trinajstić information content (AvgIpc) is 2.28. The molecule has 2 N–H and O–H groups in total. The van der Waals surface area contributed by atoms with Crippen molar-refractivity contribution in [3.05, 3.63) is 33.4 Å². The highest BCUT2D eigenvalue weighted by Crippen LogP contribution is 2.38. The van der Waals surface area contributed by atoms with Gasteiger partial charge in [0.05, 0.1) is 9.86 Å². The molecule has 0 fully saturated rings. The molecule has 0 amide bonds. The molecule has 1 heterocycles. The van der Waals surface area contributed by atoms with E-state index in [-0.39, 0.29) is 4.47 Å². The van der Waals surface area contributed by atoms with E-state index in [2.05, 4.69) is 20.9 Å². The quantitative estimate of drug-likeness (QED) is 0.577. The zero-order chi connectivity index (χ0) is 14.5. The smallest absolute Gasteiger partial charge is 0.398 e. The van der Waals surface area contributed by atoms with Gasteiger partial charge in [-0.05, 0) is 28.9 Å². The predicted molar refractivity (Wildman–Crippen MR) is 63.5 cm³/mol. The van der Waals surface area contributed by atoms with Crippen LogP contribution in [-0.4, -0.2) is 4.98 Å². The molecule has 1 aromatic heterocycles. The second-order valence-corrected chi connectivity index (χ2v) is 4.73. The Hall–Kier alpha value is -1.44. The lowest BCUT2D eigenvalue weighted by Gasteiger charge is -2.14. The number of fused-ring (bicyclic) bond motifs is 1. The van der Waals surface area contributed by atoms with Crippen molar-refractivity contribution in [1.29, 1.82) is 0 Å². The topological polar surface area (TPSA) is 38.9 Å². The molecular weight excluding hydrogens is 335 g/mol. The summed E-state index contributed by atoms with van der Waals surface area (Å²) < 4.78 is 65.4. The highest BCUT2D eigenvalue weighted by atomic mass is 79.9. The molecule has 8 heteroatoms. The lowest BCUT2D eigenvalue weighted by molar-refractivity contribution is -0.141. The Kier molecular flexibility index (Phi) is 3.16. The van der Waals surface area contributed by atoms with Gasteiger partial charge in [-0.25, -0.2) is 13.8 Å². The van der Waals surface area contributed by atoms with Crippen LogP contribution < -0.4 is 5.73 Å². The number of alkyl halides is 3. The molecule has 0 aliphatic rings. The minimum Gasteiger partial charge on any atom is -0.398 e. The van der Waals surface area contributed by atoms with E-state index in [4.69, 9.17) is 5.73 Å². The minimum atomic E-state index is -4.79. The standard InChI is InChI=1S/C11H6BrF5N2/c1-3-8(18)6-7(14)4(12)2-5(13)9(6)19-10(3)11(15,16)17/h2H,1H3,(H2,18,19). The molecular formula is C11H6BrF5N2. The first-order valence-electron chi connectivity index (χ1n) is 4.95. The summed E-state index contributed by atoms with van der Waals surface area (Å²) >= 11 is 2.76. The molecule has 0 saturated heterocycles. The van der Waals surface area contributed by atoms with Crippen molar-refractivity contribution in [1.82, 2.24) is 4.98 Å². The first-order valence-corrected chi connectivity index (χ1v) is 5.74. The second-order valence-electron chi connectivity index (χ2n) is 3.87. The first kappa shape index (κ1) is 14.0. The molecule has 2 aromatic rings. The minimum absolute atomic E-state index is 0.231. The van der Waals surface area contributed by atoms with Gasteiger partial charge >= 0.3 is 6.18 Å². The second kappa shape index (κ2) is 4.29. The molecule has 2 nitrogen and oxygen atoms in total. The zero-order valence-corrected chi connectivity index (χ0v) is 11.0. The van der Waals surface area contributed by atoms with Gasteiger partial charge in [-0.2, -0.15) is 13.2 Å². The third-order valence-electron chi connectivity index (χ3n) is 2.67. The molecule has 2 rings (SSSR count). The number of hydrogen-bond donors (Lipinski definition) is 1. The van der Waals surface area contributed by atoms with E-state index < -0.39 is 45.7 Å². The van der Waals surface area contributed by atoms with Crippen LogP contribution in [-0.2, 0) is 6.18 Å². The van der Waals surface area contributed by atoms with E-state index in [1.807, 2.05) is 0 Å². The summed E-state index contributed by atoms with van der Waals surface area (Å²) in [5.41, 5.74) is 2.52. The van der Waals surface area contributed by atoms with Crippen LogP contribution in [0.5, 0.6) is 0 Å². The molecule has 19 heavy (non-hydrogen) atoms. The normalized spacial score (nSPS) is 12.2. The molecule has 0 unspecified atom stereocenters. The fourth-order valence-electron chi connectivity index (χ4n) is 1.73. The number of nitrogen functional groups attached to an aromatic ring is 1. The van der Waals surface area contributed by atoms with Crippen LogP contribution >= 0.6 is 15.9 Å². The number of anilines is 1. The van der Waals surface area contributed by atoms with Gasteiger partial charge < -0.3 is 5.73 Å². The van der Waals surface area contributed by atoms with E-state index in [1.54, 1.807) is 0 Å². The summed E-state index contributed by atoms with van der Waals surface area (Å²) in [6, 6.07) is 0.708. The van der Waals surface area contributed by atoms with Gasteiger partial charge in [-0.1, -0.05) is 0 Å². The number of halogens is 6. The molecule has 0 bridgehead atoms. The SMILES string of the molecule is Cc1c(C(F)(F)F)nc2c(F)cc(Br)c(F)c2c1N. The number of benzene rings is 1. The molecule has 102 valence electrons. The van der Waals surface area contributed by atoms with Gasteiger partial charge in [0.1, 0.15) is 17.0 Å². The van der Waals surface area contributed by atoms with Gasteiger partial charge in [0.25, 0.3) is 0 Å². The number of hydrogen-bond acceptors (Lipinski definition) is 2. The summed E-state index contributed by atoms with van der Waals surface area (Å²) in [5.74, 6) is -2.03. The van der Waals surface area contributed by atoms with Crippen LogP contribution in [0.1, 0.15) is 11.3 Å². The maximum Gasteiger partial charge on any atom is 0.433 e. The molecule has 0 atom stereocenters. The van der Waals surface area contributed by atoms with Crippen molar-refractivity contribution < 1.29 is 22.0 Å². The summed E-state index contributed by atoms with van der Waals surface area (Å²) in [6.45, 7) is 1.06. The predicted octanol–water partition coefficient (Wildman–Crippen LogP) is 4.18. The number of nitrogens with zero attached hydrogens (tertiary/aromatic N) is 1. The van der Waals surface area contributed by atoms with Crippen molar-refractivity contribution in [2.24, 2.45) is 0 Å². The van der Waals surface area contributed by atoms with Crippen molar-refractivity contribution in [2.45, 2.75) is 13.1 Å². The molecule has 0 aliphatic heterocycles. The number of rotatable bonds is 0. The first-order chi connectivity index (χ1) is 8.64. The third-order valence-corrected chi connectivity index (χ3v) is 3.24. The molecule has 0 radical (unpaired) electrons. The number of nitrogens with two attached hydrogens (primary N) is 1. The molecule has 0 aliphatic carbocycles. The van der Waals surface area contributed by atoms with Crippen molar-refractivity contribution in [3.63, 3.8) is 0 Å². The fourth-order valence-corrected chi connectivity index (χ4v) is 2.13. The zero-order valence-electron chi connectivity index (χ0n) is 9.37. The number of pyridine rings is 1. The summed E-state index contributed by atoms with van der Waals surface area (Å²) in [4.78, 5) is 3.17. The Bertz CT molecular complexity index is 681. The van der Waals surface area contributed by atoms with Crippen LogP contribution in [0.3, 0.4) is 0 Å². The van der Waals surface area contributed by atoms with Crippen LogP contribution in [0.2, 0.25) is 0 Å². The van der Waals surface area contributed by atoms with E-state index in [9.17, 15) is 22.0 Å². The highest BCUT2D eigenvalue weighted by molar-refractivity contribution is 9.10. The fraction of sp³-hybridized carbons (Fsp3) is 0.182. The van der Waals surface area contributed by atoms with Crippen molar-refractivity contribution in [2.75, 3.05) is 5.73 Å². The van der Waals surface area contributed by atoms with Crippen molar-refractivity contribution in [3.8, 4) is 0 Å². The van der Waals surface area contributed by atoms with E-state index in [1.165, 1.54) is 0 Å². The molecule has 1 aromatic carbocycles. The van der Waals surface area contributed by atoms with Crippen LogP contribution in [0.15, 0.2) is 10.5 Å². The Morgan fingerprint density at radius 2 is 1.84 bits per heavy atom. The number of aromatic nitrogens is 1. The van der Waals surface area contributed by atoms with E-state index in [0.29, 0.717) is 6.07 Å². The lowest BCUT2D eigenvalue weighted by atomic mass is 10.1. The summed E-state index contributed by atoms with van der Waals surface area (Å²) in [7, 11) is 0. The van der Waals surface area contributed by atoms with Gasteiger partial charge in [0, 0.05) is 11.3 Å². The van der Waals surface area contributed by atoms with Gasteiger partial charge in [-0.15, -0.1) is 0 Å². The van der Waals surface area contributed by atoms with E-state index in [0.717, 1.165) is 6.92 Å². The van der Waals surface area contributed by atoms with Crippen LogP contribution in [0, 0.1) is 18.6 Å². The Labute approximate surface area is 112 Å². The maximum atomic E-state index is 13.8. The molecule has 0 saturated carbocycles. The maximum absolute atomic E-state index is 13.8. The van der Waals surface area contributed by atoms with E-state index >= 15 is 0 Å². The van der Waals surface area contributed by atoms with Gasteiger partial charge in [0.2, 0.25) is 0 Å². The largest absolute Gasteiger partial charge is 0.433 e. The van der Waals surface area contributed by atoms with Crippen LogP contribution in [0.4, 0.5) is 27.6 Å². The van der Waals surface area contributed by atoms with Crippen LogP contribution in [0.25, 0.3) is 10.9 Å². The highest BCUT2D eigenvalue weighted by Gasteiger charge is 2.36.